The van der Waals surface area contributed by atoms with Crippen molar-refractivity contribution in [2.75, 3.05) is 18.5 Å². The maximum Gasteiger partial charge on any atom is 0.331 e. The Balaban J connectivity index is 1.83. The maximum absolute atomic E-state index is 13.4. The van der Waals surface area contributed by atoms with Crippen LogP contribution in [0.1, 0.15) is 12.5 Å². The zero-order valence-corrected chi connectivity index (χ0v) is 14.0. The highest BCUT2D eigenvalue weighted by Gasteiger charge is 2.12. The number of carbonyl (C=O) groups is 2. The van der Waals surface area contributed by atoms with Gasteiger partial charge in [-0.2, -0.15) is 0 Å². The van der Waals surface area contributed by atoms with Gasteiger partial charge < -0.3 is 14.8 Å². The van der Waals surface area contributed by atoms with Crippen molar-refractivity contribution in [2.45, 2.75) is 6.92 Å². The lowest BCUT2D eigenvalue weighted by molar-refractivity contribution is -0.142. The molecule has 0 radical (unpaired) electrons. The summed E-state index contributed by atoms with van der Waals surface area (Å²) in [5.41, 5.74) is 0.154. The lowest BCUT2D eigenvalue weighted by Gasteiger charge is -2.07. The van der Waals surface area contributed by atoms with E-state index in [2.05, 4.69) is 0 Å². The van der Waals surface area contributed by atoms with Gasteiger partial charge in [0.25, 0.3) is 5.91 Å². The molecule has 2 aromatic carbocycles. The van der Waals surface area contributed by atoms with Crippen molar-refractivity contribution in [3.8, 4) is 5.75 Å². The summed E-state index contributed by atoms with van der Waals surface area (Å²) in [4.78, 5) is 23.2. The molecule has 0 aromatic heterocycles. The third-order valence-corrected chi connectivity index (χ3v) is 3.18. The van der Waals surface area contributed by atoms with Gasteiger partial charge in [0.15, 0.2) is 6.61 Å². The van der Waals surface area contributed by atoms with Gasteiger partial charge in [0.05, 0.1) is 6.61 Å². The first-order valence-corrected chi connectivity index (χ1v) is 7.81. The smallest absolute Gasteiger partial charge is 0.331 e. The molecular formula is C19H17F2NO4. The summed E-state index contributed by atoms with van der Waals surface area (Å²) in [5, 5.41) is 2.02. The molecule has 2 rings (SSSR count). The Morgan fingerprint density at radius 2 is 1.73 bits per heavy atom. The number of para-hydroxylation sites is 1. The lowest BCUT2D eigenvalue weighted by atomic mass is 10.2. The number of rotatable bonds is 7. The first-order valence-electron chi connectivity index (χ1n) is 7.81. The van der Waals surface area contributed by atoms with Crippen LogP contribution in [0.25, 0.3) is 6.08 Å². The number of halogens is 2. The van der Waals surface area contributed by atoms with E-state index in [4.69, 9.17) is 9.47 Å². The summed E-state index contributed by atoms with van der Waals surface area (Å²) in [7, 11) is 0. The Morgan fingerprint density at radius 1 is 1.08 bits per heavy atom. The van der Waals surface area contributed by atoms with Crippen LogP contribution in [0.4, 0.5) is 14.5 Å². The average molecular weight is 361 g/mol. The molecule has 1 amide bonds. The van der Waals surface area contributed by atoms with Crippen LogP contribution in [-0.4, -0.2) is 25.1 Å². The lowest BCUT2D eigenvalue weighted by Crippen LogP contribution is -2.21. The number of hydrogen-bond acceptors (Lipinski definition) is 4. The summed E-state index contributed by atoms with van der Waals surface area (Å²) >= 11 is 0. The molecule has 0 unspecified atom stereocenters. The van der Waals surface area contributed by atoms with E-state index in [1.807, 2.05) is 12.2 Å². The normalized spacial score (nSPS) is 10.6. The Bertz CT molecular complexity index is 783. The molecule has 136 valence electrons. The highest BCUT2D eigenvalue weighted by atomic mass is 19.1. The van der Waals surface area contributed by atoms with E-state index in [-0.39, 0.29) is 0 Å². The Labute approximate surface area is 149 Å². The van der Waals surface area contributed by atoms with Gasteiger partial charge in [-0.25, -0.2) is 13.6 Å². The monoisotopic (exact) mass is 361 g/mol. The number of benzene rings is 2. The van der Waals surface area contributed by atoms with Crippen molar-refractivity contribution in [3.05, 3.63) is 65.7 Å². The molecule has 0 spiro atoms. The number of ether oxygens (including phenoxy) is 2. The molecule has 0 saturated carbocycles. The summed E-state index contributed by atoms with van der Waals surface area (Å²) in [6.07, 6.45) is 2.65. The predicted molar refractivity (Wildman–Crippen MR) is 92.6 cm³/mol. The number of carbonyl (C=O) groups excluding carboxylic acids is 2. The van der Waals surface area contributed by atoms with Crippen LogP contribution in [0.3, 0.4) is 0 Å². The predicted octanol–water partition coefficient (Wildman–Crippen LogP) is 3.56. The van der Waals surface area contributed by atoms with Crippen molar-refractivity contribution in [1.29, 1.82) is 0 Å². The Kier molecular flexibility index (Phi) is 6.84. The molecule has 0 heterocycles. The third kappa shape index (κ3) is 5.70. The molecule has 0 saturated heterocycles. The molecule has 5 nitrogen and oxygen atoms in total. The van der Waals surface area contributed by atoms with E-state index in [0.29, 0.717) is 12.4 Å². The molecule has 2 aromatic rings. The standard InChI is InChI=1S/C19H17F2NO4/c1-2-25-14-9-6-13(7-10-14)8-11-18(24)26-12-17(23)22-19-15(20)4-3-5-16(19)21/h3-11H,2,12H2,1H3,(H,22,23). The minimum atomic E-state index is -0.917. The molecular weight excluding hydrogens is 344 g/mol. The second-order valence-electron chi connectivity index (χ2n) is 5.09. The Hall–Kier alpha value is -3.22. The van der Waals surface area contributed by atoms with Gasteiger partial charge in [0.1, 0.15) is 23.1 Å². The highest BCUT2D eigenvalue weighted by Crippen LogP contribution is 2.17. The van der Waals surface area contributed by atoms with Gasteiger partial charge >= 0.3 is 5.97 Å². The van der Waals surface area contributed by atoms with Crippen LogP contribution in [-0.2, 0) is 14.3 Å². The number of anilines is 1. The van der Waals surface area contributed by atoms with Crippen LogP contribution < -0.4 is 10.1 Å². The van der Waals surface area contributed by atoms with E-state index in [9.17, 15) is 18.4 Å². The van der Waals surface area contributed by atoms with Crippen LogP contribution in [0, 0.1) is 11.6 Å². The number of amides is 1. The number of hydrogen-bond donors (Lipinski definition) is 1. The van der Waals surface area contributed by atoms with Gasteiger partial charge in [-0.15, -0.1) is 0 Å². The van der Waals surface area contributed by atoms with Gasteiger partial charge in [0.2, 0.25) is 0 Å². The first-order chi connectivity index (χ1) is 12.5. The van der Waals surface area contributed by atoms with E-state index in [1.165, 1.54) is 12.1 Å². The van der Waals surface area contributed by atoms with E-state index < -0.39 is 35.8 Å². The van der Waals surface area contributed by atoms with Crippen LogP contribution in [0.15, 0.2) is 48.5 Å². The van der Waals surface area contributed by atoms with Gasteiger partial charge in [0, 0.05) is 6.08 Å². The molecule has 7 heteroatoms. The number of esters is 1. The van der Waals surface area contributed by atoms with Crippen molar-refractivity contribution in [1.82, 2.24) is 0 Å². The fourth-order valence-electron chi connectivity index (χ4n) is 1.98. The van der Waals surface area contributed by atoms with Crippen molar-refractivity contribution < 1.29 is 27.8 Å². The summed E-state index contributed by atoms with van der Waals surface area (Å²) < 4.78 is 36.9. The largest absolute Gasteiger partial charge is 0.494 e. The summed E-state index contributed by atoms with van der Waals surface area (Å²) in [6.45, 7) is 1.76. The molecule has 0 aliphatic carbocycles. The Morgan fingerprint density at radius 3 is 2.35 bits per heavy atom. The minimum Gasteiger partial charge on any atom is -0.494 e. The van der Waals surface area contributed by atoms with Crippen molar-refractivity contribution in [2.24, 2.45) is 0 Å². The maximum atomic E-state index is 13.4. The first kappa shape index (κ1) is 19.1. The molecule has 0 bridgehead atoms. The summed E-state index contributed by atoms with van der Waals surface area (Å²) in [6, 6.07) is 10.2. The molecule has 1 N–H and O–H groups in total. The van der Waals surface area contributed by atoms with Crippen LogP contribution in [0.2, 0.25) is 0 Å². The topological polar surface area (TPSA) is 64.6 Å². The fourth-order valence-corrected chi connectivity index (χ4v) is 1.98. The quantitative estimate of drug-likeness (QED) is 0.605. The molecule has 0 fully saturated rings. The van der Waals surface area contributed by atoms with Crippen LogP contribution in [0.5, 0.6) is 5.75 Å². The zero-order valence-electron chi connectivity index (χ0n) is 14.0. The van der Waals surface area contributed by atoms with Crippen molar-refractivity contribution in [3.63, 3.8) is 0 Å². The highest BCUT2D eigenvalue weighted by molar-refractivity contribution is 5.94. The molecule has 0 aliphatic heterocycles. The van der Waals surface area contributed by atoms with Gasteiger partial charge in [-0.3, -0.25) is 4.79 Å². The van der Waals surface area contributed by atoms with Crippen LogP contribution >= 0.6 is 0 Å². The number of nitrogens with one attached hydrogen (secondary N) is 1. The van der Waals surface area contributed by atoms with E-state index in [1.54, 1.807) is 24.3 Å². The fraction of sp³-hybridized carbons (Fsp3) is 0.158. The SMILES string of the molecule is CCOc1ccc(C=CC(=O)OCC(=O)Nc2c(F)cccc2F)cc1. The molecule has 26 heavy (non-hydrogen) atoms. The molecule has 0 atom stereocenters. The summed E-state index contributed by atoms with van der Waals surface area (Å²) in [5.74, 6) is -2.73. The second kappa shape index (κ2) is 9.31. The van der Waals surface area contributed by atoms with E-state index in [0.717, 1.165) is 23.8 Å². The zero-order chi connectivity index (χ0) is 18.9. The molecule has 0 aliphatic rings. The average Bonchev–Trinajstić information content (AvgIpc) is 2.63. The van der Waals surface area contributed by atoms with E-state index >= 15 is 0 Å². The van der Waals surface area contributed by atoms with Crippen molar-refractivity contribution >= 4 is 23.6 Å². The third-order valence-electron chi connectivity index (χ3n) is 3.18. The minimum absolute atomic E-state index is 0.556. The van der Waals surface area contributed by atoms with Gasteiger partial charge in [-0.1, -0.05) is 18.2 Å². The second-order valence-corrected chi connectivity index (χ2v) is 5.09. The van der Waals surface area contributed by atoms with Gasteiger partial charge in [-0.05, 0) is 42.8 Å².